The van der Waals surface area contributed by atoms with Crippen LogP contribution in [0, 0.1) is 0 Å². The van der Waals surface area contributed by atoms with Crippen molar-refractivity contribution in [3.63, 3.8) is 0 Å². The fraction of sp³-hybridized carbons (Fsp3) is 0.0169. The van der Waals surface area contributed by atoms with Crippen LogP contribution in [0.1, 0.15) is 22.3 Å². The van der Waals surface area contributed by atoms with Crippen molar-refractivity contribution in [2.75, 3.05) is 0 Å². The number of rotatable bonds is 5. The van der Waals surface area contributed by atoms with Gasteiger partial charge in [0.25, 0.3) is 0 Å². The first-order valence-corrected chi connectivity index (χ1v) is 22.0. The van der Waals surface area contributed by atoms with Gasteiger partial charge in [0.1, 0.15) is 16.8 Å². The van der Waals surface area contributed by atoms with E-state index in [1.54, 1.807) is 0 Å². The van der Waals surface area contributed by atoms with Gasteiger partial charge in [0.15, 0.2) is 17.5 Å². The van der Waals surface area contributed by atoms with E-state index >= 15 is 0 Å². The van der Waals surface area contributed by atoms with Gasteiger partial charge in [0.2, 0.25) is 0 Å². The van der Waals surface area contributed by atoms with Crippen LogP contribution in [0.15, 0.2) is 217 Å². The van der Waals surface area contributed by atoms with Crippen LogP contribution < -0.4 is 0 Å². The first-order valence-electron chi connectivity index (χ1n) is 22.0. The molecule has 65 heavy (non-hydrogen) atoms. The Morgan fingerprint density at radius 2 is 0.892 bits per heavy atom. The summed E-state index contributed by atoms with van der Waals surface area (Å²) in [4.78, 5) is 21.1. The number of furan rings is 1. The number of benzene rings is 8. The van der Waals surface area contributed by atoms with Crippen molar-refractivity contribution in [3.8, 4) is 78.9 Å². The van der Waals surface area contributed by atoms with Crippen LogP contribution in [-0.4, -0.2) is 24.3 Å². The van der Waals surface area contributed by atoms with Crippen molar-refractivity contribution >= 4 is 27.6 Å². The fourth-order valence-electron chi connectivity index (χ4n) is 10.7. The summed E-state index contributed by atoms with van der Waals surface area (Å²) < 4.78 is 8.56. The number of imidazole rings is 1. The standard InChI is InChI=1S/C59H35N5O/c1-2-15-36(16-3-1)54-55(64-32-13-12-27-53(64)60-54)37-17-14-18-38(33-37)56-61-57(63-58(62-56)40-29-31-46-45-22-7-11-26-51(45)65-52(46)35-40)39-28-30-44-43-21-6-10-25-49(43)59(50(44)34-39)47-23-8-4-19-41(47)42-20-5-9-24-48(42)59/h1-35H. The summed E-state index contributed by atoms with van der Waals surface area (Å²) in [5.74, 6) is 1.72. The Morgan fingerprint density at radius 1 is 0.354 bits per heavy atom. The average Bonchev–Trinajstić information content (AvgIpc) is 4.12. The van der Waals surface area contributed by atoms with E-state index in [1.807, 2.05) is 42.5 Å². The summed E-state index contributed by atoms with van der Waals surface area (Å²) in [5.41, 5.74) is 18.7. The zero-order valence-electron chi connectivity index (χ0n) is 34.9. The predicted molar refractivity (Wildman–Crippen MR) is 259 cm³/mol. The zero-order chi connectivity index (χ0) is 42.6. The van der Waals surface area contributed by atoms with Crippen molar-refractivity contribution in [3.05, 3.63) is 235 Å². The maximum absolute atomic E-state index is 6.40. The third kappa shape index (κ3) is 5.16. The molecule has 0 saturated carbocycles. The topological polar surface area (TPSA) is 69.1 Å². The maximum Gasteiger partial charge on any atom is 0.164 e. The molecule has 14 rings (SSSR count). The quantitative estimate of drug-likeness (QED) is 0.173. The molecule has 6 heteroatoms. The molecule has 4 aromatic heterocycles. The number of nitrogens with zero attached hydrogens (tertiary/aromatic N) is 5. The van der Waals surface area contributed by atoms with Gasteiger partial charge in [0, 0.05) is 44.8 Å². The van der Waals surface area contributed by atoms with Gasteiger partial charge >= 0.3 is 0 Å². The van der Waals surface area contributed by atoms with E-state index in [0.717, 1.165) is 66.8 Å². The van der Waals surface area contributed by atoms with E-state index in [1.165, 1.54) is 44.5 Å². The minimum atomic E-state index is -0.501. The molecule has 0 bridgehead atoms. The van der Waals surface area contributed by atoms with Crippen molar-refractivity contribution < 1.29 is 4.42 Å². The van der Waals surface area contributed by atoms with E-state index in [9.17, 15) is 0 Å². The summed E-state index contributed by atoms with van der Waals surface area (Å²) in [5, 5.41) is 2.13. The number of aromatic nitrogens is 5. The molecule has 302 valence electrons. The molecule has 0 aliphatic heterocycles. The Balaban J connectivity index is 0.991. The molecule has 0 N–H and O–H groups in total. The maximum atomic E-state index is 6.40. The van der Waals surface area contributed by atoms with Crippen LogP contribution in [0.4, 0.5) is 0 Å². The Hall–Kier alpha value is -8.74. The minimum Gasteiger partial charge on any atom is -0.456 e. The third-order valence-corrected chi connectivity index (χ3v) is 13.5. The highest BCUT2D eigenvalue weighted by Gasteiger charge is 2.51. The van der Waals surface area contributed by atoms with E-state index in [0.29, 0.717) is 17.5 Å². The highest BCUT2D eigenvalue weighted by Crippen LogP contribution is 2.63. The highest BCUT2D eigenvalue weighted by atomic mass is 16.3. The van der Waals surface area contributed by atoms with Crippen molar-refractivity contribution in [2.45, 2.75) is 5.41 Å². The van der Waals surface area contributed by atoms with Gasteiger partial charge < -0.3 is 4.42 Å². The van der Waals surface area contributed by atoms with Gasteiger partial charge in [-0.2, -0.15) is 0 Å². The van der Waals surface area contributed by atoms with Crippen molar-refractivity contribution in [1.82, 2.24) is 24.3 Å². The average molecular weight is 830 g/mol. The molecule has 1 spiro atoms. The van der Waals surface area contributed by atoms with Crippen LogP contribution >= 0.6 is 0 Å². The van der Waals surface area contributed by atoms with E-state index in [-0.39, 0.29) is 0 Å². The lowest BCUT2D eigenvalue weighted by Crippen LogP contribution is -2.25. The minimum absolute atomic E-state index is 0.501. The molecule has 8 aromatic carbocycles. The second-order valence-corrected chi connectivity index (χ2v) is 16.9. The van der Waals surface area contributed by atoms with Gasteiger partial charge in [-0.15, -0.1) is 0 Å². The van der Waals surface area contributed by atoms with Crippen LogP contribution in [0.2, 0.25) is 0 Å². The first-order chi connectivity index (χ1) is 32.2. The molecule has 0 radical (unpaired) electrons. The van der Waals surface area contributed by atoms with Crippen LogP contribution in [0.25, 0.3) is 107 Å². The van der Waals surface area contributed by atoms with Gasteiger partial charge in [-0.1, -0.05) is 164 Å². The van der Waals surface area contributed by atoms with Gasteiger partial charge in [-0.25, -0.2) is 19.9 Å². The predicted octanol–water partition coefficient (Wildman–Crippen LogP) is 14.1. The highest BCUT2D eigenvalue weighted by molar-refractivity contribution is 6.06. The summed E-state index contributed by atoms with van der Waals surface area (Å²) in [6.45, 7) is 0. The molecule has 2 aliphatic rings. The molecule has 0 fully saturated rings. The normalized spacial score (nSPS) is 13.0. The zero-order valence-corrected chi connectivity index (χ0v) is 34.9. The van der Waals surface area contributed by atoms with Crippen molar-refractivity contribution in [2.24, 2.45) is 0 Å². The number of pyridine rings is 1. The summed E-state index contributed by atoms with van der Waals surface area (Å²) in [6, 6.07) is 72.8. The van der Waals surface area contributed by atoms with E-state index in [4.69, 9.17) is 24.4 Å². The van der Waals surface area contributed by atoms with E-state index in [2.05, 4.69) is 174 Å². The summed E-state index contributed by atoms with van der Waals surface area (Å²) in [7, 11) is 0. The molecule has 0 atom stereocenters. The summed E-state index contributed by atoms with van der Waals surface area (Å²) in [6.07, 6.45) is 2.07. The van der Waals surface area contributed by atoms with Crippen molar-refractivity contribution in [1.29, 1.82) is 0 Å². The molecular weight excluding hydrogens is 795 g/mol. The molecule has 6 nitrogen and oxygen atoms in total. The van der Waals surface area contributed by atoms with Crippen LogP contribution in [0.5, 0.6) is 0 Å². The molecule has 12 aromatic rings. The lowest BCUT2D eigenvalue weighted by molar-refractivity contribution is 0.669. The van der Waals surface area contributed by atoms with Gasteiger partial charge in [-0.3, -0.25) is 4.40 Å². The number of hydrogen-bond donors (Lipinski definition) is 0. The molecular formula is C59H35N5O. The second kappa shape index (κ2) is 13.6. The smallest absolute Gasteiger partial charge is 0.164 e. The molecule has 0 saturated heterocycles. The lowest BCUT2D eigenvalue weighted by Gasteiger charge is -2.30. The molecule has 4 heterocycles. The van der Waals surface area contributed by atoms with Gasteiger partial charge in [0.05, 0.1) is 16.8 Å². The second-order valence-electron chi connectivity index (χ2n) is 16.9. The Labute approximate surface area is 373 Å². The fourth-order valence-corrected chi connectivity index (χ4v) is 10.7. The molecule has 0 amide bonds. The van der Waals surface area contributed by atoms with Crippen LogP contribution in [0.3, 0.4) is 0 Å². The first kappa shape index (κ1) is 35.8. The third-order valence-electron chi connectivity index (χ3n) is 13.5. The van der Waals surface area contributed by atoms with Gasteiger partial charge in [-0.05, 0) is 87.0 Å². The Bertz CT molecular complexity index is 3860. The van der Waals surface area contributed by atoms with E-state index < -0.39 is 5.41 Å². The number of hydrogen-bond acceptors (Lipinski definition) is 5. The molecule has 2 aliphatic carbocycles. The Kier molecular flexibility index (Phi) is 7.51. The van der Waals surface area contributed by atoms with Crippen LogP contribution in [-0.2, 0) is 5.41 Å². The Morgan fingerprint density at radius 3 is 1.62 bits per heavy atom. The lowest BCUT2D eigenvalue weighted by atomic mass is 9.70. The monoisotopic (exact) mass is 829 g/mol. The SMILES string of the molecule is c1ccc(-c2nc3ccccn3c2-c2cccc(-c3nc(-c4ccc5c(c4)C4(c6ccccc6-c6ccccc64)c4ccccc4-5)nc(-c4ccc5c(c4)oc4ccccc45)n3)c2)cc1. The summed E-state index contributed by atoms with van der Waals surface area (Å²) >= 11 is 0. The number of para-hydroxylation sites is 1. The largest absolute Gasteiger partial charge is 0.456 e. The number of fused-ring (bicyclic) bond motifs is 14. The molecule has 0 unspecified atom stereocenters.